The Morgan fingerprint density at radius 1 is 1.32 bits per heavy atom. The van der Waals surface area contributed by atoms with Crippen LogP contribution < -0.4 is 15.5 Å². The number of carbonyl (C=O) groups is 2. The van der Waals surface area contributed by atoms with Gasteiger partial charge in [-0.2, -0.15) is 0 Å². The number of aromatic nitrogens is 1. The fourth-order valence-corrected chi connectivity index (χ4v) is 3.84. The molecule has 8 nitrogen and oxygen atoms in total. The molecule has 4 rings (SSSR count). The van der Waals surface area contributed by atoms with Crippen molar-refractivity contribution in [3.8, 4) is 5.75 Å². The molecule has 164 valence electrons. The standard InChI is InChI=1S/C21H21F2N3O5/c1-3-30-19-17-21(29)26-11(2)10-31-16(26)9-25(17)8-14(18(19)27)20(28)24-7-12-4-5-13(22)6-15(12)23/h4-6,8,11,16H,3,7,9-10H2,1-2H3,(H,24,28). The van der Waals surface area contributed by atoms with Crippen molar-refractivity contribution in [3.05, 3.63) is 63.1 Å². The third kappa shape index (κ3) is 3.67. The Bertz CT molecular complexity index is 1120. The number of halogens is 2. The second kappa shape index (κ2) is 8.10. The molecule has 2 amide bonds. The summed E-state index contributed by atoms with van der Waals surface area (Å²) in [7, 11) is 0. The van der Waals surface area contributed by atoms with Gasteiger partial charge in [0.1, 0.15) is 17.2 Å². The van der Waals surface area contributed by atoms with Crippen molar-refractivity contribution in [1.29, 1.82) is 0 Å². The summed E-state index contributed by atoms with van der Waals surface area (Å²) >= 11 is 0. The van der Waals surface area contributed by atoms with Gasteiger partial charge < -0.3 is 24.3 Å². The number of carbonyl (C=O) groups excluding carboxylic acids is 2. The fraction of sp³-hybridized carbons (Fsp3) is 0.381. The number of ether oxygens (including phenoxy) is 2. The van der Waals surface area contributed by atoms with E-state index in [1.54, 1.807) is 11.8 Å². The number of amides is 2. The van der Waals surface area contributed by atoms with Gasteiger partial charge in [-0.1, -0.05) is 6.07 Å². The van der Waals surface area contributed by atoms with Crippen molar-refractivity contribution in [2.45, 2.75) is 39.2 Å². The zero-order chi connectivity index (χ0) is 22.3. The monoisotopic (exact) mass is 433 g/mol. The summed E-state index contributed by atoms with van der Waals surface area (Å²) in [6.07, 6.45) is 0.786. The van der Waals surface area contributed by atoms with Gasteiger partial charge in [0, 0.05) is 24.4 Å². The summed E-state index contributed by atoms with van der Waals surface area (Å²) in [5, 5.41) is 2.46. The molecule has 0 aliphatic carbocycles. The van der Waals surface area contributed by atoms with E-state index in [0.717, 1.165) is 6.07 Å². The second-order valence-corrected chi connectivity index (χ2v) is 7.40. The Morgan fingerprint density at radius 3 is 2.81 bits per heavy atom. The molecule has 1 saturated heterocycles. The van der Waals surface area contributed by atoms with Gasteiger partial charge in [0.05, 0.1) is 25.8 Å². The topological polar surface area (TPSA) is 89.9 Å². The molecular formula is C21H21F2N3O5. The number of rotatable bonds is 5. The van der Waals surface area contributed by atoms with E-state index in [1.807, 2.05) is 6.92 Å². The molecule has 2 aromatic rings. The van der Waals surface area contributed by atoms with Gasteiger partial charge in [-0.3, -0.25) is 14.4 Å². The molecule has 0 saturated carbocycles. The number of hydrogen-bond donors (Lipinski definition) is 1. The largest absolute Gasteiger partial charge is 0.488 e. The van der Waals surface area contributed by atoms with E-state index >= 15 is 0 Å². The van der Waals surface area contributed by atoms with Crippen molar-refractivity contribution in [2.24, 2.45) is 0 Å². The van der Waals surface area contributed by atoms with Crippen LogP contribution in [0.5, 0.6) is 5.75 Å². The Morgan fingerprint density at radius 2 is 2.10 bits per heavy atom. The van der Waals surface area contributed by atoms with Gasteiger partial charge in [-0.05, 0) is 19.9 Å². The van der Waals surface area contributed by atoms with Gasteiger partial charge in [0.15, 0.2) is 17.7 Å². The van der Waals surface area contributed by atoms with Gasteiger partial charge in [0.2, 0.25) is 5.43 Å². The maximum atomic E-state index is 13.8. The van der Waals surface area contributed by atoms with Crippen LogP contribution in [0.1, 0.15) is 40.3 Å². The lowest BCUT2D eigenvalue weighted by Crippen LogP contribution is -2.49. The molecule has 1 fully saturated rings. The summed E-state index contributed by atoms with van der Waals surface area (Å²) in [6, 6.07) is 2.85. The van der Waals surface area contributed by atoms with Crippen LogP contribution in [0.15, 0.2) is 29.2 Å². The fourth-order valence-electron chi connectivity index (χ4n) is 3.84. The predicted octanol–water partition coefficient (Wildman–Crippen LogP) is 1.66. The zero-order valence-electron chi connectivity index (χ0n) is 17.0. The van der Waals surface area contributed by atoms with Crippen LogP contribution >= 0.6 is 0 Å². The van der Waals surface area contributed by atoms with E-state index in [-0.39, 0.29) is 48.3 Å². The minimum absolute atomic E-state index is 0.0667. The maximum absolute atomic E-state index is 13.8. The molecule has 3 heterocycles. The summed E-state index contributed by atoms with van der Waals surface area (Å²) in [5.74, 6) is -2.91. The number of benzene rings is 1. The normalized spacial score (nSPS) is 19.7. The highest BCUT2D eigenvalue weighted by Gasteiger charge is 2.43. The Labute approximate surface area is 176 Å². The molecule has 0 bridgehead atoms. The first-order valence-corrected chi connectivity index (χ1v) is 9.88. The van der Waals surface area contributed by atoms with E-state index in [9.17, 15) is 23.2 Å². The molecule has 10 heteroatoms. The highest BCUT2D eigenvalue weighted by atomic mass is 19.1. The molecular weight excluding hydrogens is 412 g/mol. The first kappa shape index (κ1) is 21.0. The van der Waals surface area contributed by atoms with E-state index in [1.165, 1.54) is 16.8 Å². The van der Waals surface area contributed by atoms with Crippen LogP contribution in [0.25, 0.3) is 0 Å². The minimum atomic E-state index is -0.810. The van der Waals surface area contributed by atoms with Crippen LogP contribution in [-0.4, -0.2) is 46.8 Å². The first-order chi connectivity index (χ1) is 14.8. The lowest BCUT2D eigenvalue weighted by molar-refractivity contribution is 0.00612. The van der Waals surface area contributed by atoms with E-state index in [0.29, 0.717) is 12.7 Å². The third-order valence-corrected chi connectivity index (χ3v) is 5.33. The van der Waals surface area contributed by atoms with Gasteiger partial charge in [-0.15, -0.1) is 0 Å². The number of hydrogen-bond acceptors (Lipinski definition) is 5. The van der Waals surface area contributed by atoms with Gasteiger partial charge in [-0.25, -0.2) is 8.78 Å². The average Bonchev–Trinajstić information content (AvgIpc) is 3.10. The molecule has 1 aromatic heterocycles. The predicted molar refractivity (Wildman–Crippen MR) is 105 cm³/mol. The van der Waals surface area contributed by atoms with Crippen LogP contribution in [-0.2, 0) is 17.8 Å². The van der Waals surface area contributed by atoms with Gasteiger partial charge in [0.25, 0.3) is 11.8 Å². The molecule has 0 spiro atoms. The van der Waals surface area contributed by atoms with Crippen molar-refractivity contribution < 1.29 is 27.8 Å². The molecule has 0 radical (unpaired) electrons. The molecule has 2 aliphatic rings. The Hall–Kier alpha value is -3.27. The molecule has 2 atom stereocenters. The maximum Gasteiger partial charge on any atom is 0.276 e. The van der Waals surface area contributed by atoms with Crippen molar-refractivity contribution in [3.63, 3.8) is 0 Å². The third-order valence-electron chi connectivity index (χ3n) is 5.33. The molecule has 1 N–H and O–H groups in total. The second-order valence-electron chi connectivity index (χ2n) is 7.40. The summed E-state index contributed by atoms with van der Waals surface area (Å²) < 4.78 is 39.5. The van der Waals surface area contributed by atoms with Crippen molar-refractivity contribution in [1.82, 2.24) is 14.8 Å². The lowest BCUT2D eigenvalue weighted by atomic mass is 10.1. The highest BCUT2D eigenvalue weighted by Crippen LogP contribution is 2.30. The number of pyridine rings is 1. The number of nitrogens with zero attached hydrogens (tertiary/aromatic N) is 2. The Balaban J connectivity index is 1.67. The number of nitrogens with one attached hydrogen (secondary N) is 1. The quantitative estimate of drug-likeness (QED) is 0.775. The van der Waals surface area contributed by atoms with Crippen molar-refractivity contribution >= 4 is 11.8 Å². The van der Waals surface area contributed by atoms with E-state index in [4.69, 9.17) is 9.47 Å². The average molecular weight is 433 g/mol. The molecule has 1 aromatic carbocycles. The van der Waals surface area contributed by atoms with E-state index in [2.05, 4.69) is 5.32 Å². The lowest BCUT2D eigenvalue weighted by Gasteiger charge is -2.34. The highest BCUT2D eigenvalue weighted by molar-refractivity contribution is 5.99. The summed E-state index contributed by atoms with van der Waals surface area (Å²) in [6.45, 7) is 4.00. The van der Waals surface area contributed by atoms with Crippen molar-refractivity contribution in [2.75, 3.05) is 13.2 Å². The summed E-state index contributed by atoms with van der Waals surface area (Å²) in [5.41, 5.74) is -0.842. The minimum Gasteiger partial charge on any atom is -0.488 e. The SMILES string of the molecule is CCOc1c2n(cc(C(=O)NCc3ccc(F)cc3F)c1=O)CC1OCC(C)N1C2=O. The summed E-state index contributed by atoms with van der Waals surface area (Å²) in [4.78, 5) is 40.3. The van der Waals surface area contributed by atoms with E-state index < -0.39 is 35.1 Å². The number of fused-ring (bicyclic) bond motifs is 2. The van der Waals surface area contributed by atoms with Crippen LogP contribution in [0, 0.1) is 11.6 Å². The molecule has 31 heavy (non-hydrogen) atoms. The zero-order valence-corrected chi connectivity index (χ0v) is 17.0. The van der Waals surface area contributed by atoms with Gasteiger partial charge >= 0.3 is 0 Å². The first-order valence-electron chi connectivity index (χ1n) is 9.88. The van der Waals surface area contributed by atoms with Crippen LogP contribution in [0.3, 0.4) is 0 Å². The van der Waals surface area contributed by atoms with Crippen LogP contribution in [0.2, 0.25) is 0 Å². The molecule has 2 unspecified atom stereocenters. The van der Waals surface area contributed by atoms with Crippen LogP contribution in [0.4, 0.5) is 8.78 Å². The molecule has 2 aliphatic heterocycles. The Kier molecular flexibility index (Phi) is 5.48. The smallest absolute Gasteiger partial charge is 0.276 e.